The minimum atomic E-state index is -0.214. The number of ether oxygens (including phenoxy) is 2. The molecule has 3 rings (SSSR count). The largest absolute Gasteiger partial charge is 0.487 e. The monoisotopic (exact) mass is 430 g/mol. The second-order valence-corrected chi connectivity index (χ2v) is 8.20. The first kappa shape index (κ1) is 22.6. The number of para-hydroxylation sites is 1. The molecule has 0 radical (unpaired) electrons. The summed E-state index contributed by atoms with van der Waals surface area (Å²) in [4.78, 5) is 15.2. The number of benzene rings is 2. The number of carbonyl (C=O) groups is 1. The quantitative estimate of drug-likeness (QED) is 0.588. The first-order valence-corrected chi connectivity index (χ1v) is 11.0. The molecule has 1 N–H and O–H groups in total. The summed E-state index contributed by atoms with van der Waals surface area (Å²) in [5, 5.41) is 3.47. The molecule has 1 unspecified atom stereocenters. The van der Waals surface area contributed by atoms with Crippen LogP contribution in [0.2, 0.25) is 5.02 Å². The molecule has 30 heavy (non-hydrogen) atoms. The number of piperidine rings is 1. The van der Waals surface area contributed by atoms with Crippen molar-refractivity contribution in [2.24, 2.45) is 5.92 Å². The summed E-state index contributed by atoms with van der Waals surface area (Å²) in [5.41, 5.74) is 1.98. The third kappa shape index (κ3) is 6.21. The number of hydrogen-bond donors (Lipinski definition) is 1. The van der Waals surface area contributed by atoms with Crippen LogP contribution in [0.15, 0.2) is 48.5 Å². The van der Waals surface area contributed by atoms with Crippen LogP contribution < -0.4 is 10.1 Å². The highest BCUT2D eigenvalue weighted by molar-refractivity contribution is 6.32. The van der Waals surface area contributed by atoms with E-state index in [9.17, 15) is 4.79 Å². The molecule has 2 aromatic carbocycles. The van der Waals surface area contributed by atoms with E-state index >= 15 is 0 Å². The van der Waals surface area contributed by atoms with E-state index in [-0.39, 0.29) is 11.9 Å². The first-order chi connectivity index (χ1) is 14.6. The van der Waals surface area contributed by atoms with E-state index in [0.717, 1.165) is 32.4 Å². The SMILES string of the molecule is COCCOc1c(Cl)cccc1NC(=O)C(C)N1CCC(Cc2ccccc2)CC1. The van der Waals surface area contributed by atoms with Crippen LogP contribution in [-0.4, -0.2) is 50.3 Å². The molecule has 0 saturated carbocycles. The van der Waals surface area contributed by atoms with Gasteiger partial charge in [-0.3, -0.25) is 9.69 Å². The van der Waals surface area contributed by atoms with Gasteiger partial charge in [0.1, 0.15) is 6.61 Å². The third-order valence-corrected chi connectivity index (χ3v) is 6.00. The van der Waals surface area contributed by atoms with Crippen LogP contribution in [0.4, 0.5) is 5.69 Å². The zero-order chi connectivity index (χ0) is 21.3. The van der Waals surface area contributed by atoms with E-state index in [0.29, 0.717) is 35.6 Å². The van der Waals surface area contributed by atoms with Gasteiger partial charge >= 0.3 is 0 Å². The molecule has 1 fully saturated rings. The minimum Gasteiger partial charge on any atom is -0.487 e. The van der Waals surface area contributed by atoms with Crippen molar-refractivity contribution < 1.29 is 14.3 Å². The molecule has 1 amide bonds. The predicted molar refractivity (Wildman–Crippen MR) is 121 cm³/mol. The molecule has 6 heteroatoms. The van der Waals surface area contributed by atoms with E-state index in [1.54, 1.807) is 19.2 Å². The second kappa shape index (κ2) is 11.3. The molecule has 1 aliphatic heterocycles. The van der Waals surface area contributed by atoms with Crippen LogP contribution in [0.3, 0.4) is 0 Å². The average molecular weight is 431 g/mol. The van der Waals surface area contributed by atoms with Gasteiger partial charge in [0.2, 0.25) is 5.91 Å². The van der Waals surface area contributed by atoms with Crippen molar-refractivity contribution in [3.63, 3.8) is 0 Å². The molecular formula is C24H31ClN2O3. The molecule has 162 valence electrons. The molecule has 2 aromatic rings. The Hall–Kier alpha value is -2.08. The van der Waals surface area contributed by atoms with Crippen LogP contribution in [0, 0.1) is 5.92 Å². The smallest absolute Gasteiger partial charge is 0.241 e. The molecule has 5 nitrogen and oxygen atoms in total. The number of hydrogen-bond acceptors (Lipinski definition) is 4. The average Bonchev–Trinajstić information content (AvgIpc) is 2.76. The zero-order valence-corrected chi connectivity index (χ0v) is 18.5. The van der Waals surface area contributed by atoms with Gasteiger partial charge in [0.25, 0.3) is 0 Å². The van der Waals surface area contributed by atoms with Gasteiger partial charge in [-0.2, -0.15) is 0 Å². The van der Waals surface area contributed by atoms with Gasteiger partial charge in [-0.1, -0.05) is 48.0 Å². The molecule has 0 bridgehead atoms. The van der Waals surface area contributed by atoms with E-state index in [4.69, 9.17) is 21.1 Å². The maximum absolute atomic E-state index is 12.9. The Bertz CT molecular complexity index is 807. The third-order valence-electron chi connectivity index (χ3n) is 5.70. The summed E-state index contributed by atoms with van der Waals surface area (Å²) in [7, 11) is 1.61. The maximum Gasteiger partial charge on any atom is 0.241 e. The second-order valence-electron chi connectivity index (χ2n) is 7.79. The van der Waals surface area contributed by atoms with Crippen LogP contribution in [0.25, 0.3) is 0 Å². The van der Waals surface area contributed by atoms with Gasteiger partial charge in [0, 0.05) is 7.11 Å². The standard InChI is InChI=1S/C24H31ClN2O3/c1-18(27-13-11-20(12-14-27)17-19-7-4-3-5-8-19)24(28)26-22-10-6-9-21(25)23(22)30-16-15-29-2/h3-10,18,20H,11-17H2,1-2H3,(H,26,28). The van der Waals surface area contributed by atoms with Crippen molar-refractivity contribution in [2.75, 3.05) is 38.7 Å². The lowest BCUT2D eigenvalue weighted by molar-refractivity contribution is -0.121. The van der Waals surface area contributed by atoms with E-state index in [1.807, 2.05) is 13.0 Å². The fraction of sp³-hybridized carbons (Fsp3) is 0.458. The highest BCUT2D eigenvalue weighted by Crippen LogP contribution is 2.33. The summed E-state index contributed by atoms with van der Waals surface area (Å²) in [6.07, 6.45) is 3.32. The van der Waals surface area contributed by atoms with Crippen molar-refractivity contribution in [2.45, 2.75) is 32.2 Å². The molecule has 0 aliphatic carbocycles. The highest BCUT2D eigenvalue weighted by Gasteiger charge is 2.27. The van der Waals surface area contributed by atoms with Crippen molar-refractivity contribution in [3.05, 3.63) is 59.1 Å². The lowest BCUT2D eigenvalue weighted by atomic mass is 9.89. The highest BCUT2D eigenvalue weighted by atomic mass is 35.5. The summed E-state index contributed by atoms with van der Waals surface area (Å²) in [6.45, 7) is 4.64. The van der Waals surface area contributed by atoms with Crippen LogP contribution in [0.1, 0.15) is 25.3 Å². The molecule has 0 aromatic heterocycles. The fourth-order valence-corrected chi connectivity index (χ4v) is 4.10. The Morgan fingerprint density at radius 2 is 1.87 bits per heavy atom. The Morgan fingerprint density at radius 1 is 1.13 bits per heavy atom. The van der Waals surface area contributed by atoms with Crippen molar-refractivity contribution in [1.82, 2.24) is 4.90 Å². The summed E-state index contributed by atoms with van der Waals surface area (Å²) in [5.74, 6) is 1.11. The molecule has 1 atom stereocenters. The Morgan fingerprint density at radius 3 is 2.57 bits per heavy atom. The topological polar surface area (TPSA) is 50.8 Å². The molecule has 1 aliphatic rings. The number of nitrogens with one attached hydrogen (secondary N) is 1. The zero-order valence-electron chi connectivity index (χ0n) is 17.8. The normalized spacial score (nSPS) is 16.2. The van der Waals surface area contributed by atoms with Crippen LogP contribution >= 0.6 is 11.6 Å². The Labute approximate surface area is 184 Å². The molecule has 0 spiro atoms. The fourth-order valence-electron chi connectivity index (χ4n) is 3.88. The summed E-state index contributed by atoms with van der Waals surface area (Å²) >= 11 is 6.28. The maximum atomic E-state index is 12.9. The van der Waals surface area contributed by atoms with E-state index in [1.165, 1.54) is 5.56 Å². The molecular weight excluding hydrogens is 400 g/mol. The minimum absolute atomic E-state index is 0.0460. The van der Waals surface area contributed by atoms with Crippen molar-refractivity contribution >= 4 is 23.2 Å². The van der Waals surface area contributed by atoms with Gasteiger partial charge in [0.15, 0.2) is 5.75 Å². The van der Waals surface area contributed by atoms with Gasteiger partial charge < -0.3 is 14.8 Å². The van der Waals surface area contributed by atoms with Gasteiger partial charge in [-0.15, -0.1) is 0 Å². The number of carbonyl (C=O) groups excluding carboxylic acids is 1. The first-order valence-electron chi connectivity index (χ1n) is 10.6. The van der Waals surface area contributed by atoms with Gasteiger partial charge in [0.05, 0.1) is 23.4 Å². The molecule has 1 heterocycles. The van der Waals surface area contributed by atoms with Gasteiger partial charge in [-0.05, 0) is 62.9 Å². The lowest BCUT2D eigenvalue weighted by Crippen LogP contribution is -2.46. The number of rotatable bonds is 9. The number of methoxy groups -OCH3 is 1. The lowest BCUT2D eigenvalue weighted by Gasteiger charge is -2.35. The van der Waals surface area contributed by atoms with Crippen LogP contribution in [-0.2, 0) is 16.0 Å². The van der Waals surface area contributed by atoms with Gasteiger partial charge in [-0.25, -0.2) is 0 Å². The summed E-state index contributed by atoms with van der Waals surface area (Å²) < 4.78 is 10.7. The number of halogens is 1. The number of amides is 1. The van der Waals surface area contributed by atoms with E-state index < -0.39 is 0 Å². The summed E-state index contributed by atoms with van der Waals surface area (Å²) in [6, 6.07) is 15.8. The van der Waals surface area contributed by atoms with Crippen LogP contribution in [0.5, 0.6) is 5.75 Å². The Balaban J connectivity index is 1.53. The van der Waals surface area contributed by atoms with Crippen molar-refractivity contribution in [3.8, 4) is 5.75 Å². The Kier molecular flexibility index (Phi) is 8.55. The number of likely N-dealkylation sites (tertiary alicyclic amines) is 1. The van der Waals surface area contributed by atoms with Crippen molar-refractivity contribution in [1.29, 1.82) is 0 Å². The van der Waals surface area contributed by atoms with E-state index in [2.05, 4.69) is 40.5 Å². The predicted octanol–water partition coefficient (Wildman–Crippen LogP) is 4.65. The molecule has 1 saturated heterocycles. The number of nitrogens with zero attached hydrogens (tertiary/aromatic N) is 1. The number of anilines is 1.